The summed E-state index contributed by atoms with van der Waals surface area (Å²) in [7, 11) is 0. The second kappa shape index (κ2) is 6.99. The van der Waals surface area contributed by atoms with Crippen LogP contribution in [0.15, 0.2) is 36.4 Å². The molecule has 5 heteroatoms. The summed E-state index contributed by atoms with van der Waals surface area (Å²) in [5.74, 6) is 2.47. The minimum absolute atomic E-state index is 0.318. The molecule has 3 heterocycles. The Hall–Kier alpha value is -2.79. The molecule has 0 saturated heterocycles. The lowest BCUT2D eigenvalue weighted by Crippen LogP contribution is -2.28. The van der Waals surface area contributed by atoms with Crippen molar-refractivity contribution >= 4 is 10.9 Å². The van der Waals surface area contributed by atoms with Crippen molar-refractivity contribution in [3.8, 4) is 17.4 Å². The molecule has 2 aromatic carbocycles. The normalized spacial score (nSPS) is 15.9. The summed E-state index contributed by atoms with van der Waals surface area (Å²) in [4.78, 5) is 7.27. The maximum atomic E-state index is 6.00. The topological polar surface area (TPSA) is 43.8 Å². The van der Waals surface area contributed by atoms with Gasteiger partial charge in [0.25, 0.3) is 0 Å². The molecule has 0 bridgehead atoms. The predicted octanol–water partition coefficient (Wildman–Crippen LogP) is 4.02. The van der Waals surface area contributed by atoms with Crippen LogP contribution < -0.4 is 14.2 Å². The predicted molar refractivity (Wildman–Crippen MR) is 108 cm³/mol. The van der Waals surface area contributed by atoms with Gasteiger partial charge in [-0.2, -0.15) is 0 Å². The first-order valence-electron chi connectivity index (χ1n) is 9.80. The van der Waals surface area contributed by atoms with Crippen LogP contribution in [0.5, 0.6) is 17.4 Å². The zero-order valence-corrected chi connectivity index (χ0v) is 16.3. The SMILES string of the molecule is Cc1cc(C)c2nc3c(cc2c1)CN(CCc1ccc2c(c1)OCO2)CCO3. The number of pyridine rings is 1. The first-order valence-corrected chi connectivity index (χ1v) is 9.80. The number of aromatic nitrogens is 1. The minimum atomic E-state index is 0.318. The average molecular weight is 376 g/mol. The van der Waals surface area contributed by atoms with Gasteiger partial charge in [-0.25, -0.2) is 4.98 Å². The second-order valence-electron chi connectivity index (χ2n) is 7.67. The molecule has 0 saturated carbocycles. The van der Waals surface area contributed by atoms with E-state index in [9.17, 15) is 0 Å². The number of benzene rings is 2. The van der Waals surface area contributed by atoms with Gasteiger partial charge in [0, 0.05) is 30.6 Å². The molecule has 0 spiro atoms. The Morgan fingerprint density at radius 3 is 2.82 bits per heavy atom. The van der Waals surface area contributed by atoms with E-state index in [1.807, 2.05) is 6.07 Å². The quantitative estimate of drug-likeness (QED) is 0.691. The Kier molecular flexibility index (Phi) is 4.32. The van der Waals surface area contributed by atoms with Crippen LogP contribution in [-0.2, 0) is 13.0 Å². The van der Waals surface area contributed by atoms with Gasteiger partial charge in [0.15, 0.2) is 11.5 Å². The summed E-state index contributed by atoms with van der Waals surface area (Å²) in [5.41, 5.74) is 5.93. The lowest BCUT2D eigenvalue weighted by molar-refractivity contribution is 0.174. The number of aryl methyl sites for hydroxylation is 2. The van der Waals surface area contributed by atoms with Gasteiger partial charge in [0.05, 0.1) is 5.52 Å². The zero-order chi connectivity index (χ0) is 19.1. The van der Waals surface area contributed by atoms with Crippen molar-refractivity contribution in [3.63, 3.8) is 0 Å². The third-order valence-corrected chi connectivity index (χ3v) is 5.49. The van der Waals surface area contributed by atoms with E-state index in [0.717, 1.165) is 49.0 Å². The molecule has 1 aromatic heterocycles. The second-order valence-corrected chi connectivity index (χ2v) is 7.67. The summed E-state index contributed by atoms with van der Waals surface area (Å²) >= 11 is 0. The third kappa shape index (κ3) is 3.27. The monoisotopic (exact) mass is 376 g/mol. The number of rotatable bonds is 3. The summed E-state index contributed by atoms with van der Waals surface area (Å²) in [5, 5.41) is 1.19. The highest BCUT2D eigenvalue weighted by molar-refractivity contribution is 5.84. The van der Waals surface area contributed by atoms with Gasteiger partial charge in [-0.1, -0.05) is 17.7 Å². The fourth-order valence-corrected chi connectivity index (χ4v) is 4.08. The van der Waals surface area contributed by atoms with Crippen LogP contribution in [0.2, 0.25) is 0 Å². The Labute approximate surface area is 164 Å². The van der Waals surface area contributed by atoms with Crippen molar-refractivity contribution in [2.75, 3.05) is 26.5 Å². The first-order chi connectivity index (χ1) is 13.7. The smallest absolute Gasteiger partial charge is 0.231 e. The lowest BCUT2D eigenvalue weighted by Gasteiger charge is -2.19. The van der Waals surface area contributed by atoms with E-state index in [0.29, 0.717) is 13.4 Å². The molecular weight excluding hydrogens is 352 g/mol. The standard InChI is InChI=1S/C23H24N2O3/c1-15-9-16(2)22-18(10-15)12-19-13-25(7-8-26-23(19)24-22)6-5-17-3-4-20-21(11-17)28-14-27-20/h3-4,9-12H,5-8,13-14H2,1-2H3. The van der Waals surface area contributed by atoms with Crippen LogP contribution in [0.25, 0.3) is 10.9 Å². The van der Waals surface area contributed by atoms with Gasteiger partial charge in [-0.3, -0.25) is 4.90 Å². The summed E-state index contributed by atoms with van der Waals surface area (Å²) in [6, 6.07) is 12.8. The van der Waals surface area contributed by atoms with E-state index in [1.165, 1.54) is 27.6 Å². The molecule has 0 amide bonds. The van der Waals surface area contributed by atoms with Crippen molar-refractivity contribution < 1.29 is 14.2 Å². The summed E-state index contributed by atoms with van der Waals surface area (Å²) < 4.78 is 16.9. The van der Waals surface area contributed by atoms with E-state index >= 15 is 0 Å². The molecule has 0 radical (unpaired) electrons. The maximum absolute atomic E-state index is 6.00. The Morgan fingerprint density at radius 2 is 1.89 bits per heavy atom. The molecule has 5 nitrogen and oxygen atoms in total. The molecule has 28 heavy (non-hydrogen) atoms. The zero-order valence-electron chi connectivity index (χ0n) is 16.3. The molecule has 0 N–H and O–H groups in total. The number of nitrogens with zero attached hydrogens (tertiary/aromatic N) is 2. The fourth-order valence-electron chi connectivity index (χ4n) is 4.08. The number of fused-ring (bicyclic) bond motifs is 3. The summed E-state index contributed by atoms with van der Waals surface area (Å²) in [6.45, 7) is 7.95. The van der Waals surface area contributed by atoms with Crippen LogP contribution in [0.1, 0.15) is 22.3 Å². The molecule has 2 aliphatic heterocycles. The molecule has 0 unspecified atom stereocenters. The van der Waals surface area contributed by atoms with Crippen molar-refractivity contribution in [2.24, 2.45) is 0 Å². The Morgan fingerprint density at radius 1 is 1.00 bits per heavy atom. The van der Waals surface area contributed by atoms with Crippen molar-refractivity contribution in [2.45, 2.75) is 26.8 Å². The highest BCUT2D eigenvalue weighted by Gasteiger charge is 2.19. The molecule has 144 valence electrons. The number of hydrogen-bond donors (Lipinski definition) is 0. The average Bonchev–Trinajstić information content (AvgIpc) is 3.05. The third-order valence-electron chi connectivity index (χ3n) is 5.49. The number of hydrogen-bond acceptors (Lipinski definition) is 5. The van der Waals surface area contributed by atoms with Crippen molar-refractivity contribution in [3.05, 3.63) is 58.7 Å². The Bertz CT molecular complexity index is 1050. The van der Waals surface area contributed by atoms with Crippen molar-refractivity contribution in [1.29, 1.82) is 0 Å². The van der Waals surface area contributed by atoms with Crippen LogP contribution in [0, 0.1) is 13.8 Å². The van der Waals surface area contributed by atoms with Gasteiger partial charge in [0.1, 0.15) is 6.61 Å². The van der Waals surface area contributed by atoms with Gasteiger partial charge in [-0.15, -0.1) is 0 Å². The van der Waals surface area contributed by atoms with E-state index in [1.54, 1.807) is 0 Å². The minimum Gasteiger partial charge on any atom is -0.476 e. The van der Waals surface area contributed by atoms with Gasteiger partial charge in [0.2, 0.25) is 12.7 Å². The van der Waals surface area contributed by atoms with Crippen LogP contribution >= 0.6 is 0 Å². The van der Waals surface area contributed by atoms with Crippen LogP contribution in [0.4, 0.5) is 0 Å². The molecule has 0 fully saturated rings. The first kappa shape index (κ1) is 17.3. The largest absolute Gasteiger partial charge is 0.476 e. The van der Waals surface area contributed by atoms with Crippen LogP contribution in [0.3, 0.4) is 0 Å². The molecule has 0 atom stereocenters. The number of ether oxygens (including phenoxy) is 3. The molecule has 5 rings (SSSR count). The lowest BCUT2D eigenvalue weighted by atomic mass is 10.0. The van der Waals surface area contributed by atoms with Crippen LogP contribution in [-0.4, -0.2) is 36.4 Å². The highest BCUT2D eigenvalue weighted by Crippen LogP contribution is 2.33. The van der Waals surface area contributed by atoms with E-state index in [-0.39, 0.29) is 0 Å². The molecule has 3 aromatic rings. The Balaban J connectivity index is 1.35. The molecule has 2 aliphatic rings. The van der Waals surface area contributed by atoms with E-state index < -0.39 is 0 Å². The fraction of sp³-hybridized carbons (Fsp3) is 0.348. The van der Waals surface area contributed by atoms with Gasteiger partial charge in [-0.05, 0) is 55.7 Å². The van der Waals surface area contributed by atoms with Gasteiger partial charge >= 0.3 is 0 Å². The maximum Gasteiger partial charge on any atom is 0.231 e. The molecule has 0 aliphatic carbocycles. The highest BCUT2D eigenvalue weighted by atomic mass is 16.7. The summed E-state index contributed by atoms with van der Waals surface area (Å²) in [6.07, 6.45) is 0.963. The van der Waals surface area contributed by atoms with Gasteiger partial charge < -0.3 is 14.2 Å². The van der Waals surface area contributed by atoms with E-state index in [2.05, 4.69) is 49.1 Å². The van der Waals surface area contributed by atoms with Crippen molar-refractivity contribution in [1.82, 2.24) is 9.88 Å². The van der Waals surface area contributed by atoms with E-state index in [4.69, 9.17) is 19.2 Å². The molecular formula is C23H24N2O3.